The summed E-state index contributed by atoms with van der Waals surface area (Å²) in [7, 11) is 1.63. The van der Waals surface area contributed by atoms with Crippen LogP contribution in [-0.2, 0) is 6.54 Å². The molecule has 0 aromatic carbocycles. The van der Waals surface area contributed by atoms with E-state index in [4.69, 9.17) is 9.15 Å². The second-order valence-corrected chi connectivity index (χ2v) is 4.34. The zero-order valence-corrected chi connectivity index (χ0v) is 10.1. The Balaban J connectivity index is 1.90. The molecule has 0 spiro atoms. The molecular formula is C11H14N2O2S. The molecular weight excluding hydrogens is 224 g/mol. The average molecular weight is 238 g/mol. The lowest BCUT2D eigenvalue weighted by atomic mass is 10.2. The lowest BCUT2D eigenvalue weighted by Crippen LogP contribution is -2.16. The number of methoxy groups -OCH3 is 1. The topological polar surface area (TPSA) is 47.3 Å². The Morgan fingerprint density at radius 3 is 3.12 bits per heavy atom. The highest BCUT2D eigenvalue weighted by molar-refractivity contribution is 7.06. The standard InChI is InChI=1S/C11H14N2O2S/c1-8(10-5-11(14-2)13-16-10)12-6-9-3-4-15-7-9/h3-5,7-8,12H,6H2,1-2H3. The van der Waals surface area contributed by atoms with Crippen molar-refractivity contribution in [2.45, 2.75) is 19.5 Å². The lowest BCUT2D eigenvalue weighted by molar-refractivity contribution is 0.402. The van der Waals surface area contributed by atoms with E-state index in [1.807, 2.05) is 12.1 Å². The first-order chi connectivity index (χ1) is 7.79. The fraction of sp³-hybridized carbons (Fsp3) is 0.364. The molecule has 0 saturated heterocycles. The van der Waals surface area contributed by atoms with E-state index < -0.39 is 0 Å². The van der Waals surface area contributed by atoms with Gasteiger partial charge < -0.3 is 14.5 Å². The van der Waals surface area contributed by atoms with Crippen molar-refractivity contribution in [1.29, 1.82) is 0 Å². The molecule has 1 unspecified atom stereocenters. The number of rotatable bonds is 5. The molecule has 0 saturated carbocycles. The maximum Gasteiger partial charge on any atom is 0.225 e. The van der Waals surface area contributed by atoms with Gasteiger partial charge >= 0.3 is 0 Å². The minimum atomic E-state index is 0.260. The van der Waals surface area contributed by atoms with Crippen molar-refractivity contribution in [2.24, 2.45) is 0 Å². The fourth-order valence-electron chi connectivity index (χ4n) is 1.34. The van der Waals surface area contributed by atoms with Crippen molar-refractivity contribution < 1.29 is 9.15 Å². The average Bonchev–Trinajstić information content (AvgIpc) is 2.96. The lowest BCUT2D eigenvalue weighted by Gasteiger charge is -2.09. The Morgan fingerprint density at radius 1 is 1.62 bits per heavy atom. The number of hydrogen-bond donors (Lipinski definition) is 1. The van der Waals surface area contributed by atoms with E-state index in [1.54, 1.807) is 19.6 Å². The molecule has 0 aliphatic heterocycles. The van der Waals surface area contributed by atoms with Crippen LogP contribution in [0.2, 0.25) is 0 Å². The van der Waals surface area contributed by atoms with Crippen molar-refractivity contribution in [3.05, 3.63) is 35.1 Å². The Morgan fingerprint density at radius 2 is 2.50 bits per heavy atom. The third kappa shape index (κ3) is 2.62. The molecule has 2 heterocycles. The molecule has 2 aromatic rings. The third-order valence-corrected chi connectivity index (χ3v) is 3.29. The van der Waals surface area contributed by atoms with Crippen molar-refractivity contribution in [1.82, 2.24) is 9.69 Å². The van der Waals surface area contributed by atoms with Crippen LogP contribution in [0.25, 0.3) is 0 Å². The van der Waals surface area contributed by atoms with E-state index in [0.717, 1.165) is 12.1 Å². The van der Waals surface area contributed by atoms with Crippen molar-refractivity contribution in [2.75, 3.05) is 7.11 Å². The van der Waals surface area contributed by atoms with Gasteiger partial charge in [-0.15, -0.1) is 0 Å². The number of ether oxygens (including phenoxy) is 1. The highest BCUT2D eigenvalue weighted by atomic mass is 32.1. The minimum absolute atomic E-state index is 0.260. The zero-order valence-electron chi connectivity index (χ0n) is 9.27. The Bertz CT molecular complexity index is 425. The fourth-order valence-corrected chi connectivity index (χ4v) is 2.05. The monoisotopic (exact) mass is 238 g/mol. The molecule has 0 bridgehead atoms. The molecule has 0 radical (unpaired) electrons. The van der Waals surface area contributed by atoms with Crippen LogP contribution in [0, 0.1) is 0 Å². The smallest absolute Gasteiger partial charge is 0.225 e. The van der Waals surface area contributed by atoms with Crippen LogP contribution in [0.5, 0.6) is 5.88 Å². The molecule has 4 nitrogen and oxygen atoms in total. The van der Waals surface area contributed by atoms with E-state index in [0.29, 0.717) is 5.88 Å². The van der Waals surface area contributed by atoms with Crippen LogP contribution >= 0.6 is 11.5 Å². The highest BCUT2D eigenvalue weighted by Gasteiger charge is 2.09. The summed E-state index contributed by atoms with van der Waals surface area (Å²) < 4.78 is 14.2. The van der Waals surface area contributed by atoms with E-state index in [2.05, 4.69) is 16.6 Å². The molecule has 1 N–H and O–H groups in total. The highest BCUT2D eigenvalue weighted by Crippen LogP contribution is 2.22. The summed E-state index contributed by atoms with van der Waals surface area (Å²) in [5.41, 5.74) is 1.14. The number of furan rings is 1. The predicted octanol–water partition coefficient (Wildman–Crippen LogP) is 2.60. The zero-order chi connectivity index (χ0) is 11.4. The number of nitrogens with zero attached hydrogens (tertiary/aromatic N) is 1. The normalized spacial score (nSPS) is 12.6. The van der Waals surface area contributed by atoms with Gasteiger partial charge in [0.15, 0.2) is 0 Å². The molecule has 2 aromatic heterocycles. The molecule has 0 amide bonds. The summed E-state index contributed by atoms with van der Waals surface area (Å²) in [5, 5.41) is 3.39. The van der Waals surface area contributed by atoms with E-state index >= 15 is 0 Å². The van der Waals surface area contributed by atoms with Gasteiger partial charge in [-0.25, -0.2) is 0 Å². The van der Waals surface area contributed by atoms with Gasteiger partial charge in [0.25, 0.3) is 0 Å². The molecule has 86 valence electrons. The Labute approximate surface area is 98.4 Å². The predicted molar refractivity (Wildman–Crippen MR) is 62.6 cm³/mol. The van der Waals surface area contributed by atoms with Gasteiger partial charge in [-0.3, -0.25) is 0 Å². The largest absolute Gasteiger partial charge is 0.480 e. The summed E-state index contributed by atoms with van der Waals surface area (Å²) in [6, 6.07) is 4.17. The summed E-state index contributed by atoms with van der Waals surface area (Å²) in [5.74, 6) is 0.678. The number of aromatic nitrogens is 1. The second kappa shape index (κ2) is 5.14. The van der Waals surface area contributed by atoms with Crippen LogP contribution in [0.15, 0.2) is 29.1 Å². The molecule has 1 atom stereocenters. The summed E-state index contributed by atoms with van der Waals surface area (Å²) in [6.45, 7) is 2.89. The van der Waals surface area contributed by atoms with Crippen LogP contribution in [0.3, 0.4) is 0 Å². The van der Waals surface area contributed by atoms with Crippen LogP contribution in [0.1, 0.15) is 23.4 Å². The first-order valence-electron chi connectivity index (χ1n) is 5.04. The maximum atomic E-state index is 5.05. The van der Waals surface area contributed by atoms with Crippen LogP contribution in [-0.4, -0.2) is 11.5 Å². The summed E-state index contributed by atoms with van der Waals surface area (Å²) in [6.07, 6.45) is 3.42. The Kier molecular flexibility index (Phi) is 3.58. The van der Waals surface area contributed by atoms with Gasteiger partial charge in [0, 0.05) is 29.1 Å². The van der Waals surface area contributed by atoms with Crippen LogP contribution < -0.4 is 10.1 Å². The van der Waals surface area contributed by atoms with Gasteiger partial charge in [0.1, 0.15) is 0 Å². The van der Waals surface area contributed by atoms with Gasteiger partial charge in [-0.1, -0.05) is 0 Å². The van der Waals surface area contributed by atoms with Crippen molar-refractivity contribution in [3.8, 4) is 5.88 Å². The molecule has 5 heteroatoms. The van der Waals surface area contributed by atoms with Gasteiger partial charge in [0.2, 0.25) is 5.88 Å². The van der Waals surface area contributed by atoms with Gasteiger partial charge in [-0.2, -0.15) is 4.37 Å². The molecule has 0 aliphatic carbocycles. The molecule has 16 heavy (non-hydrogen) atoms. The summed E-state index contributed by atoms with van der Waals surface area (Å²) in [4.78, 5) is 1.17. The molecule has 0 aliphatic rings. The first-order valence-corrected chi connectivity index (χ1v) is 5.82. The quantitative estimate of drug-likeness (QED) is 0.869. The SMILES string of the molecule is COc1cc(C(C)NCc2ccoc2)sn1. The van der Waals surface area contributed by atoms with E-state index in [9.17, 15) is 0 Å². The molecule has 0 fully saturated rings. The molecule has 2 rings (SSSR count). The first kappa shape index (κ1) is 11.2. The third-order valence-electron chi connectivity index (χ3n) is 2.34. The van der Waals surface area contributed by atoms with Gasteiger partial charge in [-0.05, 0) is 24.5 Å². The van der Waals surface area contributed by atoms with E-state index in [-0.39, 0.29) is 6.04 Å². The second-order valence-electron chi connectivity index (χ2n) is 3.51. The number of hydrogen-bond acceptors (Lipinski definition) is 5. The van der Waals surface area contributed by atoms with E-state index in [1.165, 1.54) is 16.4 Å². The number of nitrogens with one attached hydrogen (secondary N) is 1. The van der Waals surface area contributed by atoms with Crippen LogP contribution in [0.4, 0.5) is 0 Å². The van der Waals surface area contributed by atoms with Gasteiger partial charge in [0.05, 0.1) is 19.6 Å². The minimum Gasteiger partial charge on any atom is -0.480 e. The van der Waals surface area contributed by atoms with Crippen molar-refractivity contribution in [3.63, 3.8) is 0 Å². The van der Waals surface area contributed by atoms with Crippen molar-refractivity contribution >= 4 is 11.5 Å². The maximum absolute atomic E-state index is 5.05. The Hall–Kier alpha value is -1.33. The summed E-state index contributed by atoms with van der Waals surface area (Å²) >= 11 is 1.46.